The predicted octanol–water partition coefficient (Wildman–Crippen LogP) is 3.81. The first kappa shape index (κ1) is 21.5. The van der Waals surface area contributed by atoms with Crippen molar-refractivity contribution >= 4 is 11.6 Å². The molecule has 1 aliphatic heterocycles. The average Bonchev–Trinajstić information content (AvgIpc) is 3.50. The number of benzene rings is 1. The normalized spacial score (nSPS) is 21.9. The molecule has 8 heteroatoms. The van der Waals surface area contributed by atoms with Gasteiger partial charge in [0.05, 0.1) is 11.3 Å². The maximum absolute atomic E-state index is 13.2. The van der Waals surface area contributed by atoms with Crippen LogP contribution in [0.25, 0.3) is 11.1 Å². The Balaban J connectivity index is 1.75. The number of anilines is 1. The van der Waals surface area contributed by atoms with Gasteiger partial charge in [0.25, 0.3) is 5.91 Å². The molecule has 1 unspecified atom stereocenters. The van der Waals surface area contributed by atoms with Crippen molar-refractivity contribution in [2.45, 2.75) is 51.3 Å². The van der Waals surface area contributed by atoms with Gasteiger partial charge in [0.2, 0.25) is 0 Å². The molecule has 166 valence electrons. The number of ether oxygens (including phenoxy) is 1. The monoisotopic (exact) mass is 430 g/mol. The van der Waals surface area contributed by atoms with Crippen LogP contribution in [0.5, 0.6) is 5.75 Å². The van der Waals surface area contributed by atoms with Crippen molar-refractivity contribution in [3.8, 4) is 16.9 Å². The van der Waals surface area contributed by atoms with E-state index in [1.165, 1.54) is 6.07 Å². The minimum absolute atomic E-state index is 0.0562. The van der Waals surface area contributed by atoms with Crippen LogP contribution in [0.15, 0.2) is 36.7 Å². The maximum Gasteiger partial charge on any atom is 0.387 e. The third kappa shape index (κ3) is 4.95. The van der Waals surface area contributed by atoms with Gasteiger partial charge >= 0.3 is 6.61 Å². The molecule has 1 aromatic heterocycles. The number of rotatable bonds is 7. The lowest BCUT2D eigenvalue weighted by Gasteiger charge is -2.27. The zero-order chi connectivity index (χ0) is 22.2. The standard InChI is InChI=1S/C23H28F2N4O2/c1-14(15-6-7-15)28-21(30)19-12-27-11-18(20(19)29-9-8-23(2,26)13-29)16-4-3-5-17(10-16)31-22(24)25/h3-5,10-12,14-15,22H,6-9,13,26H2,1-2H3,(H,28,30)/t14?,23-/m0/s1. The molecule has 2 aliphatic rings. The van der Waals surface area contributed by atoms with E-state index in [0.717, 1.165) is 24.9 Å². The number of hydrogen-bond acceptors (Lipinski definition) is 5. The van der Waals surface area contributed by atoms with E-state index in [1.54, 1.807) is 30.6 Å². The summed E-state index contributed by atoms with van der Waals surface area (Å²) in [5.41, 5.74) is 8.50. The third-order valence-electron chi connectivity index (χ3n) is 6.04. The summed E-state index contributed by atoms with van der Waals surface area (Å²) in [4.78, 5) is 19.6. The van der Waals surface area contributed by atoms with E-state index in [2.05, 4.69) is 19.9 Å². The lowest BCUT2D eigenvalue weighted by molar-refractivity contribution is -0.0498. The number of nitrogens with one attached hydrogen (secondary N) is 1. The highest BCUT2D eigenvalue weighted by Gasteiger charge is 2.35. The Morgan fingerprint density at radius 1 is 1.35 bits per heavy atom. The Bertz CT molecular complexity index is 962. The summed E-state index contributed by atoms with van der Waals surface area (Å²) in [6, 6.07) is 6.55. The smallest absolute Gasteiger partial charge is 0.387 e. The Kier molecular flexibility index (Phi) is 5.83. The van der Waals surface area contributed by atoms with E-state index in [4.69, 9.17) is 5.73 Å². The van der Waals surface area contributed by atoms with E-state index in [1.807, 2.05) is 13.8 Å². The number of aromatic nitrogens is 1. The van der Waals surface area contributed by atoms with Crippen LogP contribution < -0.4 is 20.7 Å². The molecule has 0 bridgehead atoms. The minimum atomic E-state index is -2.91. The number of halogens is 2. The van der Waals surface area contributed by atoms with Gasteiger partial charge in [-0.2, -0.15) is 8.78 Å². The first-order chi connectivity index (χ1) is 14.7. The number of hydrogen-bond donors (Lipinski definition) is 2. The Labute approximate surface area is 180 Å². The highest BCUT2D eigenvalue weighted by Crippen LogP contribution is 2.38. The summed E-state index contributed by atoms with van der Waals surface area (Å²) in [6.07, 6.45) is 6.26. The van der Waals surface area contributed by atoms with Gasteiger partial charge in [-0.1, -0.05) is 12.1 Å². The van der Waals surface area contributed by atoms with E-state index in [-0.39, 0.29) is 23.2 Å². The van der Waals surface area contributed by atoms with Crippen LogP contribution in [0.3, 0.4) is 0 Å². The summed E-state index contributed by atoms with van der Waals surface area (Å²) in [6.45, 7) is 2.36. The molecule has 1 saturated heterocycles. The Morgan fingerprint density at radius 3 is 2.77 bits per heavy atom. The molecule has 0 spiro atoms. The Hall–Kier alpha value is -2.74. The number of carbonyl (C=O) groups excluding carboxylic acids is 1. The average molecular weight is 430 g/mol. The molecule has 3 N–H and O–H groups in total. The van der Waals surface area contributed by atoms with Crippen LogP contribution in [0.1, 0.15) is 43.5 Å². The van der Waals surface area contributed by atoms with Gasteiger partial charge in [0.15, 0.2) is 0 Å². The summed E-state index contributed by atoms with van der Waals surface area (Å²) < 4.78 is 30.0. The maximum atomic E-state index is 13.2. The van der Waals surface area contributed by atoms with Crippen molar-refractivity contribution in [3.05, 3.63) is 42.2 Å². The number of pyridine rings is 1. The summed E-state index contributed by atoms with van der Waals surface area (Å²) in [5.74, 6) is 0.390. The molecule has 0 radical (unpaired) electrons. The molecule has 1 saturated carbocycles. The lowest BCUT2D eigenvalue weighted by Crippen LogP contribution is -2.40. The fourth-order valence-electron chi connectivity index (χ4n) is 4.19. The molecular weight excluding hydrogens is 402 g/mol. The van der Waals surface area contributed by atoms with E-state index in [0.29, 0.717) is 35.7 Å². The van der Waals surface area contributed by atoms with Crippen molar-refractivity contribution < 1.29 is 18.3 Å². The molecule has 1 aliphatic carbocycles. The second-order valence-electron chi connectivity index (χ2n) is 8.91. The fraction of sp³-hybridized carbons (Fsp3) is 0.478. The molecule has 2 heterocycles. The second kappa shape index (κ2) is 8.42. The number of nitrogens with two attached hydrogens (primary N) is 1. The van der Waals surface area contributed by atoms with Crippen LogP contribution in [-0.2, 0) is 0 Å². The molecule has 31 heavy (non-hydrogen) atoms. The molecule has 4 rings (SSSR count). The molecular formula is C23H28F2N4O2. The number of nitrogens with zero attached hydrogens (tertiary/aromatic N) is 2. The van der Waals surface area contributed by atoms with Crippen molar-refractivity contribution in [2.75, 3.05) is 18.0 Å². The topological polar surface area (TPSA) is 80.5 Å². The van der Waals surface area contributed by atoms with Crippen LogP contribution in [0, 0.1) is 5.92 Å². The van der Waals surface area contributed by atoms with Gasteiger partial charge in [-0.05, 0) is 56.7 Å². The van der Waals surface area contributed by atoms with Crippen LogP contribution in [0.2, 0.25) is 0 Å². The zero-order valence-electron chi connectivity index (χ0n) is 17.8. The second-order valence-corrected chi connectivity index (χ2v) is 8.91. The van der Waals surface area contributed by atoms with E-state index >= 15 is 0 Å². The third-order valence-corrected chi connectivity index (χ3v) is 6.04. The van der Waals surface area contributed by atoms with Crippen molar-refractivity contribution in [1.29, 1.82) is 0 Å². The van der Waals surface area contributed by atoms with Crippen LogP contribution in [-0.4, -0.2) is 42.2 Å². The quantitative estimate of drug-likeness (QED) is 0.698. The summed E-state index contributed by atoms with van der Waals surface area (Å²) >= 11 is 0. The SMILES string of the molecule is CC(NC(=O)c1cncc(-c2cccc(OC(F)F)c2)c1N1CC[C@](C)(N)C1)C1CC1. The molecule has 2 fully saturated rings. The first-order valence-corrected chi connectivity index (χ1v) is 10.6. The fourth-order valence-corrected chi connectivity index (χ4v) is 4.19. The van der Waals surface area contributed by atoms with Gasteiger partial charge in [-0.15, -0.1) is 0 Å². The van der Waals surface area contributed by atoms with Gasteiger partial charge in [-0.3, -0.25) is 9.78 Å². The van der Waals surface area contributed by atoms with E-state index in [9.17, 15) is 13.6 Å². The largest absolute Gasteiger partial charge is 0.435 e. The Morgan fingerprint density at radius 2 is 2.13 bits per heavy atom. The lowest BCUT2D eigenvalue weighted by atomic mass is 10.0. The van der Waals surface area contributed by atoms with Gasteiger partial charge < -0.3 is 20.7 Å². The number of alkyl halides is 2. The highest BCUT2D eigenvalue weighted by molar-refractivity contribution is 6.03. The van der Waals surface area contributed by atoms with Crippen LogP contribution in [0.4, 0.5) is 14.5 Å². The molecule has 2 atom stereocenters. The van der Waals surface area contributed by atoms with E-state index < -0.39 is 6.61 Å². The van der Waals surface area contributed by atoms with Gasteiger partial charge in [-0.25, -0.2) is 0 Å². The molecule has 6 nitrogen and oxygen atoms in total. The first-order valence-electron chi connectivity index (χ1n) is 10.6. The molecule has 1 aromatic carbocycles. The predicted molar refractivity (Wildman–Crippen MR) is 115 cm³/mol. The highest BCUT2D eigenvalue weighted by atomic mass is 19.3. The van der Waals surface area contributed by atoms with Crippen LogP contribution >= 0.6 is 0 Å². The number of carbonyl (C=O) groups is 1. The summed E-state index contributed by atoms with van der Waals surface area (Å²) in [5, 5.41) is 3.10. The minimum Gasteiger partial charge on any atom is -0.435 e. The zero-order valence-corrected chi connectivity index (χ0v) is 17.8. The molecule has 2 aromatic rings. The van der Waals surface area contributed by atoms with Crippen molar-refractivity contribution in [2.24, 2.45) is 11.7 Å². The van der Waals surface area contributed by atoms with Gasteiger partial charge in [0.1, 0.15) is 5.75 Å². The summed E-state index contributed by atoms with van der Waals surface area (Å²) in [7, 11) is 0. The van der Waals surface area contributed by atoms with Gasteiger partial charge in [0, 0.05) is 42.6 Å². The van der Waals surface area contributed by atoms with Crippen molar-refractivity contribution in [1.82, 2.24) is 10.3 Å². The molecule has 1 amide bonds. The number of amides is 1. The van der Waals surface area contributed by atoms with Crippen molar-refractivity contribution in [3.63, 3.8) is 0 Å².